The molecular weight excluding hydrogens is 220 g/mol. The van der Waals surface area contributed by atoms with Gasteiger partial charge in [0.1, 0.15) is 5.75 Å². The maximum Gasteiger partial charge on any atom is 0.305 e. The number of hydrogen-bond donors (Lipinski definition) is 4. The van der Waals surface area contributed by atoms with E-state index in [1.165, 1.54) is 18.2 Å². The standard InChI is InChI=1S/C13H12O4/c14-11-8-4-7-10(13(15,16)17)12(11)9-5-2-1-3-6-9/h1-8,14-17H. The minimum Gasteiger partial charge on any atom is -0.507 e. The van der Waals surface area contributed by atoms with Crippen LogP contribution < -0.4 is 0 Å². The molecule has 2 aromatic rings. The molecule has 2 rings (SSSR count). The fourth-order valence-corrected chi connectivity index (χ4v) is 1.73. The van der Waals surface area contributed by atoms with Crippen LogP contribution in [0, 0.1) is 0 Å². The second kappa shape index (κ2) is 4.18. The molecule has 17 heavy (non-hydrogen) atoms. The van der Waals surface area contributed by atoms with Crippen LogP contribution in [0.2, 0.25) is 0 Å². The number of rotatable bonds is 2. The zero-order valence-electron chi connectivity index (χ0n) is 8.91. The lowest BCUT2D eigenvalue weighted by Gasteiger charge is -2.19. The smallest absolute Gasteiger partial charge is 0.305 e. The van der Waals surface area contributed by atoms with Gasteiger partial charge in [-0.3, -0.25) is 0 Å². The number of phenols is 1. The first-order chi connectivity index (χ1) is 8.00. The zero-order valence-corrected chi connectivity index (χ0v) is 8.91. The van der Waals surface area contributed by atoms with E-state index in [1.807, 2.05) is 0 Å². The summed E-state index contributed by atoms with van der Waals surface area (Å²) < 4.78 is 0. The van der Waals surface area contributed by atoms with Gasteiger partial charge >= 0.3 is 5.97 Å². The molecule has 0 saturated heterocycles. The van der Waals surface area contributed by atoms with Crippen LogP contribution in [0.5, 0.6) is 5.75 Å². The summed E-state index contributed by atoms with van der Waals surface area (Å²) in [5.74, 6) is -3.11. The van der Waals surface area contributed by atoms with E-state index in [-0.39, 0.29) is 16.9 Å². The van der Waals surface area contributed by atoms with Crippen molar-refractivity contribution in [2.24, 2.45) is 0 Å². The van der Waals surface area contributed by atoms with Gasteiger partial charge < -0.3 is 20.4 Å². The maximum absolute atomic E-state index is 9.77. The van der Waals surface area contributed by atoms with Gasteiger partial charge in [0.15, 0.2) is 0 Å². The Hall–Kier alpha value is -1.88. The molecule has 4 nitrogen and oxygen atoms in total. The Labute approximate surface area is 98.0 Å². The highest BCUT2D eigenvalue weighted by atomic mass is 16.7. The van der Waals surface area contributed by atoms with Crippen molar-refractivity contribution in [3.05, 3.63) is 54.1 Å². The van der Waals surface area contributed by atoms with Gasteiger partial charge in [0.25, 0.3) is 0 Å². The first kappa shape index (κ1) is 11.6. The van der Waals surface area contributed by atoms with E-state index in [1.54, 1.807) is 30.3 Å². The number of aliphatic hydroxyl groups is 3. The van der Waals surface area contributed by atoms with Crippen LogP contribution >= 0.6 is 0 Å². The predicted molar refractivity (Wildman–Crippen MR) is 61.9 cm³/mol. The van der Waals surface area contributed by atoms with E-state index in [4.69, 9.17) is 0 Å². The Morgan fingerprint density at radius 2 is 1.41 bits per heavy atom. The molecule has 0 saturated carbocycles. The lowest BCUT2D eigenvalue weighted by Crippen LogP contribution is -2.24. The maximum atomic E-state index is 9.77. The predicted octanol–water partition coefficient (Wildman–Crippen LogP) is 1.15. The molecule has 0 atom stereocenters. The van der Waals surface area contributed by atoms with Crippen molar-refractivity contribution in [3.8, 4) is 16.9 Å². The SMILES string of the molecule is Oc1cccc(C(O)(O)O)c1-c1ccccc1. The van der Waals surface area contributed by atoms with E-state index in [9.17, 15) is 20.4 Å². The molecule has 0 radical (unpaired) electrons. The molecule has 4 N–H and O–H groups in total. The molecule has 0 amide bonds. The summed E-state index contributed by atoms with van der Waals surface area (Å²) in [7, 11) is 0. The van der Waals surface area contributed by atoms with Crippen molar-refractivity contribution < 1.29 is 20.4 Å². The largest absolute Gasteiger partial charge is 0.507 e. The lowest BCUT2D eigenvalue weighted by molar-refractivity contribution is -0.323. The summed E-state index contributed by atoms with van der Waals surface area (Å²) in [6, 6.07) is 12.9. The minimum atomic E-state index is -2.98. The van der Waals surface area contributed by atoms with Crippen LogP contribution in [-0.4, -0.2) is 20.4 Å². The van der Waals surface area contributed by atoms with Crippen molar-refractivity contribution in [1.82, 2.24) is 0 Å². The number of phenolic OH excluding ortho intramolecular Hbond substituents is 1. The highest BCUT2D eigenvalue weighted by Crippen LogP contribution is 2.36. The molecule has 0 aromatic heterocycles. The van der Waals surface area contributed by atoms with Crippen molar-refractivity contribution in [2.45, 2.75) is 5.97 Å². The molecule has 0 spiro atoms. The molecule has 0 aliphatic heterocycles. The van der Waals surface area contributed by atoms with E-state index >= 15 is 0 Å². The fourth-order valence-electron chi connectivity index (χ4n) is 1.73. The normalized spacial score (nSPS) is 11.5. The third-order valence-electron chi connectivity index (χ3n) is 2.47. The Kier molecular flexibility index (Phi) is 2.85. The quantitative estimate of drug-likeness (QED) is 0.585. The second-order valence-electron chi connectivity index (χ2n) is 3.70. The molecular formula is C13H12O4. The summed E-state index contributed by atoms with van der Waals surface area (Å²) in [4.78, 5) is 0. The zero-order chi connectivity index (χ0) is 12.5. The Morgan fingerprint density at radius 1 is 0.765 bits per heavy atom. The van der Waals surface area contributed by atoms with Gasteiger partial charge in [-0.05, 0) is 11.6 Å². The second-order valence-corrected chi connectivity index (χ2v) is 3.70. The molecule has 0 bridgehead atoms. The minimum absolute atomic E-state index is 0.129. The van der Waals surface area contributed by atoms with E-state index < -0.39 is 5.97 Å². The Balaban J connectivity index is 2.69. The fraction of sp³-hybridized carbons (Fsp3) is 0.0769. The first-order valence-electron chi connectivity index (χ1n) is 5.05. The van der Waals surface area contributed by atoms with Crippen LogP contribution in [0.15, 0.2) is 48.5 Å². The van der Waals surface area contributed by atoms with Crippen molar-refractivity contribution in [3.63, 3.8) is 0 Å². The van der Waals surface area contributed by atoms with Gasteiger partial charge in [-0.2, -0.15) is 0 Å². The summed E-state index contributed by atoms with van der Waals surface area (Å²) >= 11 is 0. The molecule has 0 fully saturated rings. The van der Waals surface area contributed by atoms with Gasteiger partial charge in [-0.15, -0.1) is 0 Å². The van der Waals surface area contributed by atoms with Gasteiger partial charge in [0.05, 0.1) is 5.56 Å². The third-order valence-corrected chi connectivity index (χ3v) is 2.47. The Bertz CT molecular complexity index is 515. The lowest BCUT2D eigenvalue weighted by atomic mass is 9.97. The number of benzene rings is 2. The first-order valence-corrected chi connectivity index (χ1v) is 5.05. The van der Waals surface area contributed by atoms with Gasteiger partial charge in [-0.25, -0.2) is 0 Å². The van der Waals surface area contributed by atoms with Crippen LogP contribution in [0.1, 0.15) is 5.56 Å². The topological polar surface area (TPSA) is 80.9 Å². The molecule has 2 aromatic carbocycles. The Morgan fingerprint density at radius 3 is 2.00 bits per heavy atom. The summed E-state index contributed by atoms with van der Waals surface area (Å²) in [5, 5.41) is 37.5. The van der Waals surface area contributed by atoms with Crippen LogP contribution in [0.3, 0.4) is 0 Å². The van der Waals surface area contributed by atoms with Crippen LogP contribution in [0.25, 0.3) is 11.1 Å². The number of aromatic hydroxyl groups is 1. The molecule has 4 heteroatoms. The molecule has 0 heterocycles. The van der Waals surface area contributed by atoms with Crippen LogP contribution in [-0.2, 0) is 5.97 Å². The van der Waals surface area contributed by atoms with E-state index in [2.05, 4.69) is 0 Å². The highest BCUT2D eigenvalue weighted by molar-refractivity contribution is 5.74. The van der Waals surface area contributed by atoms with E-state index in [0.29, 0.717) is 5.56 Å². The molecule has 0 unspecified atom stereocenters. The molecule has 88 valence electrons. The van der Waals surface area contributed by atoms with Gasteiger partial charge in [-0.1, -0.05) is 42.5 Å². The average molecular weight is 232 g/mol. The highest BCUT2D eigenvalue weighted by Gasteiger charge is 2.27. The van der Waals surface area contributed by atoms with Crippen molar-refractivity contribution in [1.29, 1.82) is 0 Å². The van der Waals surface area contributed by atoms with Gasteiger partial charge in [0, 0.05) is 5.56 Å². The van der Waals surface area contributed by atoms with Crippen LogP contribution in [0.4, 0.5) is 0 Å². The van der Waals surface area contributed by atoms with Gasteiger partial charge in [0.2, 0.25) is 0 Å². The monoisotopic (exact) mass is 232 g/mol. The molecule has 0 aliphatic rings. The summed E-state index contributed by atoms with van der Waals surface area (Å²) in [6.07, 6.45) is 0. The average Bonchev–Trinajstić information content (AvgIpc) is 2.28. The summed E-state index contributed by atoms with van der Waals surface area (Å²) in [5.41, 5.74) is 0.617. The number of hydrogen-bond acceptors (Lipinski definition) is 4. The van der Waals surface area contributed by atoms with E-state index in [0.717, 1.165) is 0 Å². The van der Waals surface area contributed by atoms with Crippen molar-refractivity contribution in [2.75, 3.05) is 0 Å². The molecule has 0 aliphatic carbocycles. The summed E-state index contributed by atoms with van der Waals surface area (Å²) in [6.45, 7) is 0. The van der Waals surface area contributed by atoms with Crippen molar-refractivity contribution >= 4 is 0 Å². The third kappa shape index (κ3) is 2.29.